The molecule has 0 radical (unpaired) electrons. The van der Waals surface area contributed by atoms with Crippen LogP contribution in [0.5, 0.6) is 5.75 Å². The average molecular weight is 712 g/mol. The van der Waals surface area contributed by atoms with Crippen molar-refractivity contribution in [2.45, 2.75) is 77.2 Å². The van der Waals surface area contributed by atoms with E-state index in [1.807, 2.05) is 36.4 Å². The summed E-state index contributed by atoms with van der Waals surface area (Å²) >= 11 is 0. The van der Waals surface area contributed by atoms with Crippen LogP contribution in [-0.2, 0) is 15.8 Å². The summed E-state index contributed by atoms with van der Waals surface area (Å²) in [6.45, 7) is 15.0. The SMILES string of the molecule is CN(C(=O)CCN1CCCCC1)c1cccc(C(=O)Nc2ccc(CNC[C@H](O[Si](C)(C)C(C)(C)C)c3ccc(O)c4[nH]c(=O)ccc34)cc2)c1. The molecule has 0 aliphatic carbocycles. The van der Waals surface area contributed by atoms with Crippen molar-refractivity contribution < 1.29 is 19.1 Å². The summed E-state index contributed by atoms with van der Waals surface area (Å²) in [5.41, 5.74) is 3.89. The van der Waals surface area contributed by atoms with Crippen molar-refractivity contribution in [3.8, 4) is 5.75 Å². The van der Waals surface area contributed by atoms with Crippen molar-refractivity contribution in [3.63, 3.8) is 0 Å². The van der Waals surface area contributed by atoms with Gasteiger partial charge >= 0.3 is 0 Å². The minimum absolute atomic E-state index is 0.0198. The Morgan fingerprint density at radius 1 is 1.00 bits per heavy atom. The van der Waals surface area contributed by atoms with Crippen LogP contribution in [0.1, 0.15) is 74.0 Å². The summed E-state index contributed by atoms with van der Waals surface area (Å²) in [5, 5.41) is 17.7. The van der Waals surface area contributed by atoms with E-state index < -0.39 is 8.32 Å². The number of carbonyl (C=O) groups is 2. The zero-order chi connectivity index (χ0) is 36.8. The van der Waals surface area contributed by atoms with Gasteiger partial charge in [0.1, 0.15) is 5.75 Å². The summed E-state index contributed by atoms with van der Waals surface area (Å²) in [7, 11) is -0.442. The quantitative estimate of drug-likeness (QED) is 0.108. The van der Waals surface area contributed by atoms with Crippen molar-refractivity contribution in [2.75, 3.05) is 43.4 Å². The van der Waals surface area contributed by atoms with Crippen LogP contribution in [0.4, 0.5) is 11.4 Å². The van der Waals surface area contributed by atoms with E-state index in [0.29, 0.717) is 42.0 Å². The van der Waals surface area contributed by atoms with Crippen LogP contribution in [0.25, 0.3) is 10.9 Å². The molecule has 0 bridgehead atoms. The second-order valence-electron chi connectivity index (χ2n) is 15.1. The highest BCUT2D eigenvalue weighted by Crippen LogP contribution is 2.41. The van der Waals surface area contributed by atoms with Crippen molar-refractivity contribution in [2.24, 2.45) is 0 Å². The summed E-state index contributed by atoms with van der Waals surface area (Å²) < 4.78 is 6.91. The standard InChI is InChI=1S/C40H53N5O5Si/c1-40(2,3)51(5,6)50-35(32-17-19-34(46)38-33(32)18-20-36(47)43-38)27-41-26-28-13-15-30(16-14-28)42-39(49)29-11-10-12-31(25-29)44(4)37(48)21-24-45-22-8-7-9-23-45/h10-20,25,35,41,46H,7-9,21-24,26-27H2,1-6H3,(H,42,49)(H,43,47)/t35-/m0/s1. The molecular formula is C40H53N5O5Si. The number of phenols is 1. The molecule has 3 aromatic carbocycles. The number of anilines is 2. The molecule has 5 rings (SSSR count). The highest BCUT2D eigenvalue weighted by Gasteiger charge is 2.39. The third kappa shape index (κ3) is 9.73. The number of nitrogens with zero attached hydrogens (tertiary/aromatic N) is 2. The van der Waals surface area contributed by atoms with E-state index in [1.54, 1.807) is 42.3 Å². The molecule has 1 aliphatic heterocycles. The monoisotopic (exact) mass is 711 g/mol. The normalized spacial score (nSPS) is 14.7. The number of pyridine rings is 1. The minimum atomic E-state index is -2.21. The lowest BCUT2D eigenvalue weighted by atomic mass is 10.0. The van der Waals surface area contributed by atoms with Gasteiger partial charge in [0.25, 0.3) is 5.91 Å². The van der Waals surface area contributed by atoms with Gasteiger partial charge in [-0.2, -0.15) is 0 Å². The first-order valence-electron chi connectivity index (χ1n) is 17.9. The number of likely N-dealkylation sites (tertiary alicyclic amines) is 1. The summed E-state index contributed by atoms with van der Waals surface area (Å²) in [4.78, 5) is 44.9. The van der Waals surface area contributed by atoms with E-state index >= 15 is 0 Å². The van der Waals surface area contributed by atoms with Crippen LogP contribution in [0, 0.1) is 0 Å². The van der Waals surface area contributed by atoms with E-state index in [4.69, 9.17) is 4.43 Å². The smallest absolute Gasteiger partial charge is 0.255 e. The number of piperidine rings is 1. The van der Waals surface area contributed by atoms with Crippen LogP contribution in [-0.4, -0.2) is 68.3 Å². The Bertz CT molecular complexity index is 1880. The maximum atomic E-state index is 13.2. The molecule has 11 heteroatoms. The number of aromatic nitrogens is 1. The van der Waals surface area contributed by atoms with Gasteiger partial charge in [0.2, 0.25) is 11.5 Å². The van der Waals surface area contributed by atoms with Gasteiger partial charge in [-0.1, -0.05) is 51.5 Å². The Hall–Kier alpha value is -4.29. The zero-order valence-corrected chi connectivity index (χ0v) is 31.8. The lowest BCUT2D eigenvalue weighted by Gasteiger charge is -2.39. The van der Waals surface area contributed by atoms with Crippen molar-refractivity contribution in [1.29, 1.82) is 0 Å². The molecule has 10 nitrogen and oxygen atoms in total. The van der Waals surface area contributed by atoms with Crippen molar-refractivity contribution in [1.82, 2.24) is 15.2 Å². The summed E-state index contributed by atoms with van der Waals surface area (Å²) in [6.07, 6.45) is 3.79. The molecule has 4 aromatic rings. The molecule has 4 N–H and O–H groups in total. The van der Waals surface area contributed by atoms with Crippen molar-refractivity contribution in [3.05, 3.63) is 99.8 Å². The Morgan fingerprint density at radius 3 is 2.43 bits per heavy atom. The van der Waals surface area contributed by atoms with Gasteiger partial charge in [0.05, 0.1) is 11.6 Å². The second-order valence-corrected chi connectivity index (χ2v) is 19.8. The Kier molecular flexibility index (Phi) is 12.2. The molecule has 0 spiro atoms. The van der Waals surface area contributed by atoms with Crippen LogP contribution in [0.2, 0.25) is 18.1 Å². The molecule has 2 amide bonds. The van der Waals surface area contributed by atoms with Crippen LogP contribution in [0.3, 0.4) is 0 Å². The van der Waals surface area contributed by atoms with Gasteiger partial charge in [-0.15, -0.1) is 0 Å². The maximum absolute atomic E-state index is 13.2. The molecule has 51 heavy (non-hydrogen) atoms. The fourth-order valence-corrected chi connectivity index (χ4v) is 7.42. The first kappa shape index (κ1) is 37.9. The Balaban J connectivity index is 1.20. The fourth-order valence-electron chi connectivity index (χ4n) is 6.15. The van der Waals surface area contributed by atoms with Crippen LogP contribution < -0.4 is 21.1 Å². The number of rotatable bonds is 13. The van der Waals surface area contributed by atoms with E-state index in [-0.39, 0.29) is 34.3 Å². The number of nitrogens with one attached hydrogen (secondary N) is 3. The molecule has 1 atom stereocenters. The maximum Gasteiger partial charge on any atom is 0.255 e. The molecule has 1 fully saturated rings. The topological polar surface area (TPSA) is 127 Å². The predicted molar refractivity (Wildman–Crippen MR) is 208 cm³/mol. The molecular weight excluding hydrogens is 659 g/mol. The number of H-pyrrole nitrogens is 1. The first-order valence-corrected chi connectivity index (χ1v) is 20.9. The van der Waals surface area contributed by atoms with E-state index in [2.05, 4.69) is 54.4 Å². The number of amides is 2. The predicted octanol–water partition coefficient (Wildman–Crippen LogP) is 7.18. The van der Waals surface area contributed by atoms with Crippen LogP contribution >= 0.6 is 0 Å². The zero-order valence-electron chi connectivity index (χ0n) is 30.8. The molecule has 1 saturated heterocycles. The number of hydrogen-bond donors (Lipinski definition) is 4. The molecule has 2 heterocycles. The number of benzene rings is 3. The summed E-state index contributed by atoms with van der Waals surface area (Å²) in [6, 6.07) is 21.5. The number of aromatic amines is 1. The highest BCUT2D eigenvalue weighted by atomic mass is 28.4. The molecule has 272 valence electrons. The van der Waals surface area contributed by atoms with E-state index in [1.165, 1.54) is 25.3 Å². The lowest BCUT2D eigenvalue weighted by Crippen LogP contribution is -2.43. The van der Waals surface area contributed by atoms with E-state index in [9.17, 15) is 19.5 Å². The fraction of sp³-hybridized carbons (Fsp3) is 0.425. The number of aromatic hydroxyl groups is 1. The van der Waals surface area contributed by atoms with Gasteiger partial charge in [-0.25, -0.2) is 0 Å². The highest BCUT2D eigenvalue weighted by molar-refractivity contribution is 6.74. The minimum Gasteiger partial charge on any atom is -0.506 e. The third-order valence-electron chi connectivity index (χ3n) is 10.3. The van der Waals surface area contributed by atoms with Crippen molar-refractivity contribution >= 4 is 42.4 Å². The number of phenolic OH excluding ortho intramolecular Hbond substituents is 1. The third-order valence-corrected chi connectivity index (χ3v) is 14.8. The van der Waals surface area contributed by atoms with Gasteiger partial charge in [0, 0.05) is 61.5 Å². The Labute approximate surface area is 302 Å². The number of carbonyl (C=O) groups excluding carboxylic acids is 2. The summed E-state index contributed by atoms with van der Waals surface area (Å²) in [5.74, 6) is -0.190. The lowest BCUT2D eigenvalue weighted by molar-refractivity contribution is -0.118. The molecule has 1 aliphatic rings. The number of fused-ring (bicyclic) bond motifs is 1. The first-order chi connectivity index (χ1) is 24.2. The van der Waals surface area contributed by atoms with Crippen LogP contribution in [0.15, 0.2) is 77.6 Å². The largest absolute Gasteiger partial charge is 0.506 e. The molecule has 0 unspecified atom stereocenters. The second kappa shape index (κ2) is 16.4. The Morgan fingerprint density at radius 2 is 1.73 bits per heavy atom. The number of hydrogen-bond acceptors (Lipinski definition) is 7. The van der Waals surface area contributed by atoms with E-state index in [0.717, 1.165) is 36.1 Å². The van der Waals surface area contributed by atoms with Gasteiger partial charge in [-0.3, -0.25) is 14.4 Å². The molecule has 0 saturated carbocycles. The van der Waals surface area contributed by atoms with Gasteiger partial charge in [0.15, 0.2) is 8.32 Å². The van der Waals surface area contributed by atoms with Gasteiger partial charge < -0.3 is 34.9 Å². The average Bonchev–Trinajstić information content (AvgIpc) is 3.11. The molecule has 1 aromatic heterocycles. The van der Waals surface area contributed by atoms with Gasteiger partial charge in [-0.05, 0) is 97.7 Å².